The van der Waals surface area contributed by atoms with E-state index in [-0.39, 0.29) is 5.57 Å². The number of carbonyl (C=O) groups excluding carboxylic acids is 1. The molecule has 0 saturated heterocycles. The molecule has 1 fully saturated rings. The fourth-order valence-corrected chi connectivity index (χ4v) is 3.78. The van der Waals surface area contributed by atoms with Crippen LogP contribution in [0.4, 0.5) is 0 Å². The van der Waals surface area contributed by atoms with Gasteiger partial charge in [-0.05, 0) is 64.0 Å². The van der Waals surface area contributed by atoms with Gasteiger partial charge in [0, 0.05) is 6.54 Å². The Morgan fingerprint density at radius 2 is 1.93 bits per heavy atom. The molecule has 1 heterocycles. The second kappa shape index (κ2) is 9.48. The highest BCUT2D eigenvalue weighted by Gasteiger charge is 2.15. The van der Waals surface area contributed by atoms with Crippen molar-refractivity contribution in [3.63, 3.8) is 0 Å². The molecule has 0 bridgehead atoms. The summed E-state index contributed by atoms with van der Waals surface area (Å²) >= 11 is 3.28. The molecule has 1 N–H and O–H groups in total. The van der Waals surface area contributed by atoms with E-state index in [1.807, 2.05) is 12.1 Å². The summed E-state index contributed by atoms with van der Waals surface area (Å²) < 4.78 is 0.659. The Labute approximate surface area is 168 Å². The lowest BCUT2D eigenvalue weighted by Crippen LogP contribution is -2.24. The van der Waals surface area contributed by atoms with Gasteiger partial charge in [0.15, 0.2) is 0 Å². The number of benzene rings is 1. The molecule has 1 aliphatic carbocycles. The van der Waals surface area contributed by atoms with Crippen molar-refractivity contribution in [3.05, 3.63) is 69.5 Å². The summed E-state index contributed by atoms with van der Waals surface area (Å²) in [5.41, 5.74) is 3.02. The maximum absolute atomic E-state index is 12.3. The van der Waals surface area contributed by atoms with Crippen LogP contribution in [0.3, 0.4) is 0 Å². The van der Waals surface area contributed by atoms with Crippen molar-refractivity contribution in [3.8, 4) is 6.07 Å². The number of halogens is 1. The average molecular weight is 424 g/mol. The molecule has 0 spiro atoms. The number of carbonyl (C=O) groups is 1. The van der Waals surface area contributed by atoms with Crippen molar-refractivity contribution >= 4 is 27.9 Å². The van der Waals surface area contributed by atoms with Gasteiger partial charge in [0.05, 0.1) is 5.69 Å². The maximum Gasteiger partial charge on any atom is 0.262 e. The fourth-order valence-electron chi connectivity index (χ4n) is 3.42. The van der Waals surface area contributed by atoms with E-state index < -0.39 is 5.91 Å². The third-order valence-corrected chi connectivity index (χ3v) is 5.34. The monoisotopic (exact) mass is 423 g/mol. The topological polar surface area (TPSA) is 65.8 Å². The number of hydrogen-bond acceptors (Lipinski definition) is 3. The molecule has 0 unspecified atom stereocenters. The van der Waals surface area contributed by atoms with Crippen molar-refractivity contribution in [2.45, 2.75) is 44.6 Å². The molecule has 138 valence electrons. The first-order chi connectivity index (χ1) is 13.2. The summed E-state index contributed by atoms with van der Waals surface area (Å²) in [5, 5.41) is 12.1. The van der Waals surface area contributed by atoms with E-state index in [2.05, 4.69) is 50.5 Å². The molecule has 3 rings (SSSR count). The predicted molar refractivity (Wildman–Crippen MR) is 110 cm³/mol. The molecule has 0 atom stereocenters. The third-order valence-electron chi connectivity index (χ3n) is 4.90. The van der Waals surface area contributed by atoms with Crippen molar-refractivity contribution in [2.24, 2.45) is 0 Å². The van der Waals surface area contributed by atoms with E-state index in [1.54, 1.807) is 12.1 Å². The van der Waals surface area contributed by atoms with Crippen LogP contribution < -0.4 is 5.32 Å². The molecule has 2 aromatic rings. The van der Waals surface area contributed by atoms with Gasteiger partial charge in [0.1, 0.15) is 16.2 Å². The quantitative estimate of drug-likeness (QED) is 0.412. The zero-order valence-corrected chi connectivity index (χ0v) is 16.7. The first-order valence-corrected chi connectivity index (χ1v) is 10.1. The van der Waals surface area contributed by atoms with Gasteiger partial charge < -0.3 is 5.32 Å². The highest BCUT2D eigenvalue weighted by molar-refractivity contribution is 9.10. The largest absolute Gasteiger partial charge is 0.347 e. The van der Waals surface area contributed by atoms with Crippen LogP contribution in [0.15, 0.2) is 52.6 Å². The summed E-state index contributed by atoms with van der Waals surface area (Å²) in [6, 6.07) is 15.8. The van der Waals surface area contributed by atoms with Crippen LogP contribution in [0.25, 0.3) is 6.08 Å². The number of hydrogen-bond donors (Lipinski definition) is 1. The fraction of sp³-hybridized carbons (Fsp3) is 0.318. The minimum atomic E-state index is -0.393. The highest BCUT2D eigenvalue weighted by Crippen LogP contribution is 2.32. The average Bonchev–Trinajstić information content (AvgIpc) is 2.71. The zero-order valence-electron chi connectivity index (χ0n) is 15.1. The highest BCUT2D eigenvalue weighted by atomic mass is 79.9. The van der Waals surface area contributed by atoms with Gasteiger partial charge in [0.25, 0.3) is 5.91 Å². The summed E-state index contributed by atoms with van der Waals surface area (Å²) in [6.45, 7) is 0.398. The molecule has 1 saturated carbocycles. The maximum atomic E-state index is 12.3. The van der Waals surface area contributed by atoms with E-state index in [0.29, 0.717) is 22.8 Å². The van der Waals surface area contributed by atoms with E-state index in [0.717, 1.165) is 5.56 Å². The van der Waals surface area contributed by atoms with Crippen LogP contribution in [0.2, 0.25) is 0 Å². The molecule has 1 aromatic heterocycles. The lowest BCUT2D eigenvalue weighted by Gasteiger charge is -2.22. The number of nitriles is 1. The Bertz CT molecular complexity index is 862. The molecule has 1 aliphatic rings. The van der Waals surface area contributed by atoms with Crippen LogP contribution in [0, 0.1) is 11.3 Å². The van der Waals surface area contributed by atoms with Gasteiger partial charge in [-0.15, -0.1) is 0 Å². The van der Waals surface area contributed by atoms with E-state index in [1.165, 1.54) is 43.7 Å². The molecule has 27 heavy (non-hydrogen) atoms. The summed E-state index contributed by atoms with van der Waals surface area (Å²) in [4.78, 5) is 16.5. The first kappa shape index (κ1) is 19.3. The Balaban J connectivity index is 1.60. The lowest BCUT2D eigenvalue weighted by atomic mass is 9.84. The van der Waals surface area contributed by atoms with Crippen molar-refractivity contribution in [1.29, 1.82) is 5.26 Å². The summed E-state index contributed by atoms with van der Waals surface area (Å²) in [7, 11) is 0. The molecular formula is C22H22BrN3O. The van der Waals surface area contributed by atoms with Crippen LogP contribution in [-0.4, -0.2) is 10.9 Å². The van der Waals surface area contributed by atoms with Gasteiger partial charge in [0.2, 0.25) is 0 Å². The van der Waals surface area contributed by atoms with E-state index in [9.17, 15) is 10.1 Å². The molecule has 5 heteroatoms. The summed E-state index contributed by atoms with van der Waals surface area (Å²) in [6.07, 6.45) is 8.03. The lowest BCUT2D eigenvalue weighted by molar-refractivity contribution is -0.117. The minimum absolute atomic E-state index is 0.0411. The number of aromatic nitrogens is 1. The number of pyridine rings is 1. The second-order valence-corrected chi connectivity index (χ2v) is 7.63. The van der Waals surface area contributed by atoms with Crippen molar-refractivity contribution in [1.82, 2.24) is 10.3 Å². The Kier molecular flexibility index (Phi) is 6.78. The summed E-state index contributed by atoms with van der Waals surface area (Å²) in [5.74, 6) is 0.281. The normalized spacial score (nSPS) is 15.2. The van der Waals surface area contributed by atoms with E-state index in [4.69, 9.17) is 0 Å². The number of rotatable bonds is 5. The molecule has 4 nitrogen and oxygen atoms in total. The predicted octanol–water partition coefficient (Wildman–Crippen LogP) is 5.12. The third kappa shape index (κ3) is 5.51. The zero-order chi connectivity index (χ0) is 19.1. The van der Waals surface area contributed by atoms with Crippen LogP contribution >= 0.6 is 15.9 Å². The standard InChI is InChI=1S/C22H22BrN3O/c23-21-8-4-7-20(26-21)13-19(14-24)22(27)25-15-16-9-11-18(12-10-16)17-5-2-1-3-6-17/h4,7-13,17H,1-3,5-6,15H2,(H,25,27)/b19-13+. The van der Waals surface area contributed by atoms with Gasteiger partial charge >= 0.3 is 0 Å². The van der Waals surface area contributed by atoms with Crippen molar-refractivity contribution < 1.29 is 4.79 Å². The van der Waals surface area contributed by atoms with E-state index >= 15 is 0 Å². The molecule has 1 aromatic carbocycles. The second-order valence-electron chi connectivity index (χ2n) is 6.81. The molecule has 1 amide bonds. The van der Waals surface area contributed by atoms with Crippen LogP contribution in [0.1, 0.15) is 54.8 Å². The number of nitrogens with zero attached hydrogens (tertiary/aromatic N) is 2. The van der Waals surface area contributed by atoms with Gasteiger partial charge in [-0.1, -0.05) is 49.6 Å². The minimum Gasteiger partial charge on any atom is -0.347 e. The first-order valence-electron chi connectivity index (χ1n) is 9.27. The molecule has 0 aliphatic heterocycles. The Morgan fingerprint density at radius 1 is 1.19 bits per heavy atom. The number of amides is 1. The molecular weight excluding hydrogens is 402 g/mol. The van der Waals surface area contributed by atoms with Gasteiger partial charge in [-0.3, -0.25) is 4.79 Å². The van der Waals surface area contributed by atoms with Gasteiger partial charge in [-0.2, -0.15) is 5.26 Å². The molecule has 0 radical (unpaired) electrons. The van der Waals surface area contributed by atoms with Crippen LogP contribution in [-0.2, 0) is 11.3 Å². The number of nitrogens with one attached hydrogen (secondary N) is 1. The van der Waals surface area contributed by atoms with Crippen molar-refractivity contribution in [2.75, 3.05) is 0 Å². The SMILES string of the molecule is N#C/C(=C\c1cccc(Br)n1)C(=O)NCc1ccc(C2CCCCC2)cc1. The van der Waals surface area contributed by atoms with Crippen LogP contribution in [0.5, 0.6) is 0 Å². The smallest absolute Gasteiger partial charge is 0.262 e. The Morgan fingerprint density at radius 3 is 2.59 bits per heavy atom. The van der Waals surface area contributed by atoms with Gasteiger partial charge in [-0.25, -0.2) is 4.98 Å². The Hall–Kier alpha value is -2.45.